The van der Waals surface area contributed by atoms with Gasteiger partial charge in [0.05, 0.1) is 16.1 Å². The lowest BCUT2D eigenvalue weighted by Crippen LogP contribution is -2.26. The molecule has 0 aliphatic rings. The predicted octanol–water partition coefficient (Wildman–Crippen LogP) is 0.897. The first kappa shape index (κ1) is 9.41. The molecule has 0 radical (unpaired) electrons. The maximum atomic E-state index is 11.2. The lowest BCUT2D eigenvalue weighted by atomic mass is 10.4. The standard InChI is InChI=1S/C7H7BrN2OS/c8-5-2-1-3-7(11)10(5)4-6(9)12/h1-3H,4H2,(H2,9,12). The van der Waals surface area contributed by atoms with Crippen LogP contribution in [0, 0.1) is 0 Å². The fourth-order valence-electron chi connectivity index (χ4n) is 0.804. The minimum atomic E-state index is -0.114. The van der Waals surface area contributed by atoms with Gasteiger partial charge in [-0.25, -0.2) is 0 Å². The molecule has 0 bridgehead atoms. The average molecular weight is 247 g/mol. The van der Waals surface area contributed by atoms with Crippen molar-refractivity contribution in [2.24, 2.45) is 5.73 Å². The second-order valence-corrected chi connectivity index (χ2v) is 3.58. The molecule has 0 aromatic carbocycles. The van der Waals surface area contributed by atoms with Crippen molar-refractivity contribution in [2.75, 3.05) is 0 Å². The first-order valence-corrected chi connectivity index (χ1v) is 4.45. The van der Waals surface area contributed by atoms with Crippen LogP contribution < -0.4 is 11.3 Å². The highest BCUT2D eigenvalue weighted by Gasteiger charge is 2.00. The summed E-state index contributed by atoms with van der Waals surface area (Å²) in [4.78, 5) is 11.5. The van der Waals surface area contributed by atoms with Gasteiger partial charge in [-0.2, -0.15) is 0 Å². The van der Waals surface area contributed by atoms with E-state index in [0.717, 1.165) is 0 Å². The lowest BCUT2D eigenvalue weighted by molar-refractivity contribution is 0.786. The van der Waals surface area contributed by atoms with Crippen molar-refractivity contribution >= 4 is 33.1 Å². The number of pyridine rings is 1. The Bertz CT molecular complexity index is 361. The van der Waals surface area contributed by atoms with Crippen LogP contribution in [0.2, 0.25) is 0 Å². The van der Waals surface area contributed by atoms with Crippen LogP contribution in [-0.2, 0) is 6.54 Å². The van der Waals surface area contributed by atoms with Gasteiger partial charge in [0, 0.05) is 6.07 Å². The van der Waals surface area contributed by atoms with Crippen LogP contribution in [0.3, 0.4) is 0 Å². The second-order valence-electron chi connectivity index (χ2n) is 2.24. The summed E-state index contributed by atoms with van der Waals surface area (Å²) in [6.45, 7) is 0.273. The van der Waals surface area contributed by atoms with E-state index in [9.17, 15) is 4.79 Å². The van der Waals surface area contributed by atoms with Crippen LogP contribution in [0.4, 0.5) is 0 Å². The van der Waals surface area contributed by atoms with Crippen molar-refractivity contribution in [1.82, 2.24) is 4.57 Å². The van der Waals surface area contributed by atoms with Gasteiger partial charge in [-0.15, -0.1) is 0 Å². The zero-order chi connectivity index (χ0) is 9.14. The molecule has 0 saturated carbocycles. The van der Waals surface area contributed by atoms with Gasteiger partial charge < -0.3 is 5.73 Å². The maximum Gasteiger partial charge on any atom is 0.251 e. The molecule has 2 N–H and O–H groups in total. The SMILES string of the molecule is NC(=S)Cn1c(Br)cccc1=O. The Balaban J connectivity index is 3.13. The summed E-state index contributed by atoms with van der Waals surface area (Å²) in [5, 5.41) is 0. The molecular weight excluding hydrogens is 240 g/mol. The zero-order valence-electron chi connectivity index (χ0n) is 6.16. The van der Waals surface area contributed by atoms with Crippen molar-refractivity contribution < 1.29 is 0 Å². The van der Waals surface area contributed by atoms with E-state index in [4.69, 9.17) is 18.0 Å². The van der Waals surface area contributed by atoms with Gasteiger partial charge in [0.2, 0.25) is 0 Å². The third kappa shape index (κ3) is 2.15. The third-order valence-electron chi connectivity index (χ3n) is 1.31. The molecule has 1 rings (SSSR count). The second kappa shape index (κ2) is 3.82. The van der Waals surface area contributed by atoms with E-state index >= 15 is 0 Å². The smallest absolute Gasteiger partial charge is 0.251 e. The summed E-state index contributed by atoms with van der Waals surface area (Å²) in [6, 6.07) is 4.89. The van der Waals surface area contributed by atoms with Gasteiger partial charge in [-0.05, 0) is 22.0 Å². The largest absolute Gasteiger partial charge is 0.392 e. The number of thiocarbonyl (C=S) groups is 1. The number of nitrogens with zero attached hydrogens (tertiary/aromatic N) is 1. The van der Waals surface area contributed by atoms with Crippen LogP contribution >= 0.6 is 28.1 Å². The number of nitrogens with two attached hydrogens (primary N) is 1. The summed E-state index contributed by atoms with van der Waals surface area (Å²) in [5.41, 5.74) is 5.20. The molecule has 0 atom stereocenters. The summed E-state index contributed by atoms with van der Waals surface area (Å²) < 4.78 is 2.14. The van der Waals surface area contributed by atoms with E-state index in [1.165, 1.54) is 10.6 Å². The third-order valence-corrected chi connectivity index (χ3v) is 2.13. The van der Waals surface area contributed by atoms with E-state index in [1.54, 1.807) is 12.1 Å². The van der Waals surface area contributed by atoms with Crippen molar-refractivity contribution in [2.45, 2.75) is 6.54 Å². The zero-order valence-corrected chi connectivity index (χ0v) is 8.56. The van der Waals surface area contributed by atoms with E-state index < -0.39 is 0 Å². The predicted molar refractivity (Wildman–Crippen MR) is 55.2 cm³/mol. The number of halogens is 1. The maximum absolute atomic E-state index is 11.2. The first-order valence-electron chi connectivity index (χ1n) is 3.25. The summed E-state index contributed by atoms with van der Waals surface area (Å²) in [7, 11) is 0. The van der Waals surface area contributed by atoms with Crippen LogP contribution in [0.5, 0.6) is 0 Å². The molecule has 5 heteroatoms. The molecule has 0 unspecified atom stereocenters. The average Bonchev–Trinajstić information content (AvgIpc) is 1.97. The van der Waals surface area contributed by atoms with Crippen molar-refractivity contribution in [3.8, 4) is 0 Å². The molecule has 1 heterocycles. The summed E-state index contributed by atoms with van der Waals surface area (Å²) >= 11 is 7.92. The molecule has 1 aromatic heterocycles. The van der Waals surface area contributed by atoms with Gasteiger partial charge in [-0.3, -0.25) is 9.36 Å². The van der Waals surface area contributed by atoms with Crippen molar-refractivity contribution in [3.63, 3.8) is 0 Å². The van der Waals surface area contributed by atoms with Crippen LogP contribution in [0.25, 0.3) is 0 Å². The fourth-order valence-corrected chi connectivity index (χ4v) is 1.39. The highest BCUT2D eigenvalue weighted by atomic mass is 79.9. The van der Waals surface area contributed by atoms with Gasteiger partial charge in [0.25, 0.3) is 5.56 Å². The van der Waals surface area contributed by atoms with Crippen LogP contribution in [0.15, 0.2) is 27.6 Å². The quantitative estimate of drug-likeness (QED) is 0.623. The Morgan fingerprint density at radius 3 is 2.83 bits per heavy atom. The molecule has 0 aliphatic heterocycles. The van der Waals surface area contributed by atoms with Gasteiger partial charge in [0.15, 0.2) is 0 Å². The molecule has 3 nitrogen and oxygen atoms in total. The highest BCUT2D eigenvalue weighted by Crippen LogP contribution is 2.04. The Morgan fingerprint density at radius 1 is 1.67 bits per heavy atom. The van der Waals surface area contributed by atoms with Gasteiger partial charge in [0.1, 0.15) is 0 Å². The normalized spacial score (nSPS) is 9.75. The van der Waals surface area contributed by atoms with Gasteiger partial charge in [-0.1, -0.05) is 18.3 Å². The lowest BCUT2D eigenvalue weighted by Gasteiger charge is -2.05. The molecule has 12 heavy (non-hydrogen) atoms. The number of hydrogen-bond donors (Lipinski definition) is 1. The molecule has 1 aromatic rings. The first-order chi connectivity index (χ1) is 5.61. The minimum absolute atomic E-state index is 0.114. The Kier molecular flexibility index (Phi) is 2.99. The molecule has 0 saturated heterocycles. The molecule has 64 valence electrons. The Labute approximate surface area is 83.3 Å². The molecular formula is C7H7BrN2OS. The molecule has 0 spiro atoms. The number of hydrogen-bond acceptors (Lipinski definition) is 2. The summed E-state index contributed by atoms with van der Waals surface area (Å²) in [6.07, 6.45) is 0. The Hall–Kier alpha value is -0.680. The molecule has 0 fully saturated rings. The molecule has 0 amide bonds. The molecule has 0 aliphatic carbocycles. The van der Waals surface area contributed by atoms with E-state index in [1.807, 2.05) is 0 Å². The van der Waals surface area contributed by atoms with Crippen LogP contribution in [0.1, 0.15) is 0 Å². The van der Waals surface area contributed by atoms with Crippen molar-refractivity contribution in [1.29, 1.82) is 0 Å². The minimum Gasteiger partial charge on any atom is -0.392 e. The van der Waals surface area contributed by atoms with Crippen molar-refractivity contribution in [3.05, 3.63) is 33.2 Å². The van der Waals surface area contributed by atoms with E-state index in [2.05, 4.69) is 15.9 Å². The summed E-state index contributed by atoms with van der Waals surface area (Å²) in [5.74, 6) is 0. The van der Waals surface area contributed by atoms with Gasteiger partial charge >= 0.3 is 0 Å². The number of rotatable bonds is 2. The Morgan fingerprint density at radius 2 is 2.33 bits per heavy atom. The fraction of sp³-hybridized carbons (Fsp3) is 0.143. The van der Waals surface area contributed by atoms with E-state index in [0.29, 0.717) is 9.59 Å². The van der Waals surface area contributed by atoms with Crippen LogP contribution in [-0.4, -0.2) is 9.56 Å². The highest BCUT2D eigenvalue weighted by molar-refractivity contribution is 9.10. The topological polar surface area (TPSA) is 48.0 Å². The monoisotopic (exact) mass is 246 g/mol. The van der Waals surface area contributed by atoms with E-state index in [-0.39, 0.29) is 12.1 Å². The number of aromatic nitrogens is 1.